The molecule has 12 heteroatoms. The van der Waals surface area contributed by atoms with Crippen molar-refractivity contribution in [3.05, 3.63) is 35.9 Å². The first-order valence-corrected chi connectivity index (χ1v) is 11.4. The van der Waals surface area contributed by atoms with Crippen LogP contribution in [-0.2, 0) is 30.4 Å². The van der Waals surface area contributed by atoms with Gasteiger partial charge in [-0.3, -0.25) is 19.2 Å². The summed E-state index contributed by atoms with van der Waals surface area (Å²) in [4.78, 5) is 60.5. The first kappa shape index (κ1) is 28.9. The van der Waals surface area contributed by atoms with Gasteiger partial charge in [0.2, 0.25) is 17.7 Å². The molecule has 0 heterocycles. The van der Waals surface area contributed by atoms with E-state index in [0.717, 1.165) is 0 Å². The molecular weight excluding hydrogens is 464 g/mol. The van der Waals surface area contributed by atoms with Crippen LogP contribution in [0.4, 0.5) is 0 Å². The van der Waals surface area contributed by atoms with Crippen molar-refractivity contribution in [3.8, 4) is 0 Å². The highest BCUT2D eigenvalue weighted by molar-refractivity contribution is 7.80. The molecule has 0 saturated heterocycles. The molecule has 34 heavy (non-hydrogen) atoms. The molecule has 0 spiro atoms. The van der Waals surface area contributed by atoms with Gasteiger partial charge in [0.1, 0.15) is 18.1 Å². The first-order valence-electron chi connectivity index (χ1n) is 10.7. The van der Waals surface area contributed by atoms with Crippen LogP contribution in [0.3, 0.4) is 0 Å². The van der Waals surface area contributed by atoms with Gasteiger partial charge in [0.05, 0.1) is 6.04 Å². The molecule has 0 aliphatic heterocycles. The van der Waals surface area contributed by atoms with Crippen molar-refractivity contribution in [2.75, 3.05) is 5.75 Å². The van der Waals surface area contributed by atoms with Gasteiger partial charge in [-0.15, -0.1) is 0 Å². The average Bonchev–Trinajstić information content (AvgIpc) is 2.78. The molecule has 7 N–H and O–H groups in total. The van der Waals surface area contributed by atoms with E-state index in [1.54, 1.807) is 44.2 Å². The van der Waals surface area contributed by atoms with Gasteiger partial charge in [-0.1, -0.05) is 44.2 Å². The minimum absolute atomic E-state index is 0.01000. The van der Waals surface area contributed by atoms with Gasteiger partial charge in [0, 0.05) is 18.6 Å². The Morgan fingerprint density at radius 1 is 0.882 bits per heavy atom. The fraction of sp³-hybridized carbons (Fsp3) is 0.500. The van der Waals surface area contributed by atoms with Gasteiger partial charge in [-0.25, -0.2) is 4.79 Å². The number of benzene rings is 1. The van der Waals surface area contributed by atoms with Crippen LogP contribution >= 0.6 is 12.6 Å². The number of thiol groups is 1. The molecule has 1 aromatic carbocycles. The van der Waals surface area contributed by atoms with Crippen molar-refractivity contribution >= 4 is 42.3 Å². The van der Waals surface area contributed by atoms with Crippen LogP contribution in [0.25, 0.3) is 0 Å². The fourth-order valence-corrected chi connectivity index (χ4v) is 3.15. The molecule has 11 nitrogen and oxygen atoms in total. The van der Waals surface area contributed by atoms with Crippen molar-refractivity contribution < 1.29 is 34.2 Å². The molecule has 3 amide bonds. The third-order valence-electron chi connectivity index (χ3n) is 5.01. The predicted molar refractivity (Wildman–Crippen MR) is 127 cm³/mol. The van der Waals surface area contributed by atoms with E-state index >= 15 is 0 Å². The lowest BCUT2D eigenvalue weighted by molar-refractivity contribution is -0.143. The summed E-state index contributed by atoms with van der Waals surface area (Å²) in [6, 6.07) is 3.96. The quantitative estimate of drug-likeness (QED) is 0.169. The Labute approximate surface area is 203 Å². The van der Waals surface area contributed by atoms with Gasteiger partial charge in [-0.2, -0.15) is 12.6 Å². The number of rotatable bonds is 14. The van der Waals surface area contributed by atoms with E-state index < -0.39 is 60.2 Å². The first-order chi connectivity index (χ1) is 16.0. The van der Waals surface area contributed by atoms with Crippen molar-refractivity contribution in [1.82, 2.24) is 16.0 Å². The van der Waals surface area contributed by atoms with Crippen molar-refractivity contribution in [3.63, 3.8) is 0 Å². The minimum Gasteiger partial charge on any atom is -0.481 e. The summed E-state index contributed by atoms with van der Waals surface area (Å²) in [6.45, 7) is 3.47. The largest absolute Gasteiger partial charge is 0.481 e. The van der Waals surface area contributed by atoms with Crippen LogP contribution in [0.1, 0.15) is 32.3 Å². The van der Waals surface area contributed by atoms with Crippen LogP contribution in [0.5, 0.6) is 0 Å². The number of hydrogen-bond acceptors (Lipinski definition) is 7. The lowest BCUT2D eigenvalue weighted by atomic mass is 10.0. The molecule has 0 aromatic heterocycles. The smallest absolute Gasteiger partial charge is 0.326 e. The minimum atomic E-state index is -1.35. The van der Waals surface area contributed by atoms with Crippen molar-refractivity contribution in [2.24, 2.45) is 11.7 Å². The Kier molecular flexibility index (Phi) is 12.1. The van der Waals surface area contributed by atoms with E-state index in [9.17, 15) is 29.1 Å². The van der Waals surface area contributed by atoms with Crippen LogP contribution in [0.15, 0.2) is 30.3 Å². The van der Waals surface area contributed by atoms with E-state index in [0.29, 0.717) is 5.56 Å². The van der Waals surface area contributed by atoms with Crippen molar-refractivity contribution in [1.29, 1.82) is 0 Å². The highest BCUT2D eigenvalue weighted by Crippen LogP contribution is 2.06. The summed E-state index contributed by atoms with van der Waals surface area (Å²) in [5, 5.41) is 25.7. The van der Waals surface area contributed by atoms with Gasteiger partial charge in [-0.05, 0) is 17.9 Å². The molecule has 0 radical (unpaired) electrons. The molecule has 0 aliphatic carbocycles. The fourth-order valence-electron chi connectivity index (χ4n) is 2.90. The molecule has 4 atom stereocenters. The molecular formula is C22H32N4O7S. The molecule has 4 unspecified atom stereocenters. The Morgan fingerprint density at radius 3 is 1.91 bits per heavy atom. The Balaban J connectivity index is 2.94. The maximum Gasteiger partial charge on any atom is 0.326 e. The van der Waals surface area contributed by atoms with Crippen molar-refractivity contribution in [2.45, 2.75) is 57.3 Å². The molecule has 1 rings (SSSR count). The van der Waals surface area contributed by atoms with Gasteiger partial charge < -0.3 is 31.9 Å². The van der Waals surface area contributed by atoms with Crippen LogP contribution < -0.4 is 21.7 Å². The lowest BCUT2D eigenvalue weighted by Gasteiger charge is -2.25. The van der Waals surface area contributed by atoms with Crippen LogP contribution in [0.2, 0.25) is 0 Å². The number of amides is 3. The standard InChI is InChI=1S/C22H32N4O7S/c1-12(2)18(23)21(31)26-16(11-34)20(30)24-14(8-9-17(27)28)19(29)25-15(22(32)33)10-13-6-4-3-5-7-13/h3-7,12,14-16,18,34H,8-11,23H2,1-2H3,(H,24,30)(H,25,29)(H,26,31)(H,27,28)(H,32,33). The number of aliphatic carboxylic acids is 2. The summed E-state index contributed by atoms with van der Waals surface area (Å²) in [6.07, 6.45) is -0.752. The monoisotopic (exact) mass is 496 g/mol. The van der Waals surface area contributed by atoms with Crippen LogP contribution in [0, 0.1) is 5.92 Å². The zero-order valence-corrected chi connectivity index (χ0v) is 20.0. The summed E-state index contributed by atoms with van der Waals surface area (Å²) in [5.74, 6) is -5.00. The number of carboxylic acids is 2. The molecule has 0 bridgehead atoms. The highest BCUT2D eigenvalue weighted by Gasteiger charge is 2.30. The topological polar surface area (TPSA) is 188 Å². The Hall–Kier alpha value is -3.12. The predicted octanol–water partition coefficient (Wildman–Crippen LogP) is -0.454. The second-order valence-corrected chi connectivity index (χ2v) is 8.46. The number of nitrogens with one attached hydrogen (secondary N) is 3. The second kappa shape index (κ2) is 14.2. The highest BCUT2D eigenvalue weighted by atomic mass is 32.1. The molecule has 188 valence electrons. The molecule has 0 aliphatic rings. The third-order valence-corrected chi connectivity index (χ3v) is 5.38. The van der Waals surface area contributed by atoms with E-state index in [2.05, 4.69) is 28.6 Å². The normalized spacial score (nSPS) is 14.4. The number of nitrogens with two attached hydrogens (primary N) is 1. The zero-order valence-electron chi connectivity index (χ0n) is 19.1. The number of carbonyl (C=O) groups is 5. The van der Waals surface area contributed by atoms with E-state index in [4.69, 9.17) is 10.8 Å². The summed E-state index contributed by atoms with van der Waals surface area (Å²) in [5.41, 5.74) is 6.45. The lowest BCUT2D eigenvalue weighted by Crippen LogP contribution is -2.58. The second-order valence-electron chi connectivity index (χ2n) is 8.10. The zero-order chi connectivity index (χ0) is 25.8. The molecule has 0 fully saturated rings. The van der Waals surface area contributed by atoms with Gasteiger partial charge in [0.25, 0.3) is 0 Å². The SMILES string of the molecule is CC(C)C(N)C(=O)NC(CS)C(=O)NC(CCC(=O)O)C(=O)NC(Cc1ccccc1)C(=O)O. The maximum atomic E-state index is 12.8. The number of hydrogen-bond donors (Lipinski definition) is 7. The summed E-state index contributed by atoms with van der Waals surface area (Å²) in [7, 11) is 0. The Bertz CT molecular complexity index is 866. The van der Waals surface area contributed by atoms with E-state index in [-0.39, 0.29) is 24.5 Å². The molecule has 1 aromatic rings. The van der Waals surface area contributed by atoms with Gasteiger partial charge in [0.15, 0.2) is 0 Å². The van der Waals surface area contributed by atoms with Crippen LogP contribution in [-0.4, -0.2) is 69.8 Å². The van der Waals surface area contributed by atoms with Gasteiger partial charge >= 0.3 is 11.9 Å². The average molecular weight is 497 g/mol. The summed E-state index contributed by atoms with van der Waals surface area (Å²) < 4.78 is 0. The Morgan fingerprint density at radius 2 is 1.41 bits per heavy atom. The third kappa shape index (κ3) is 9.79. The summed E-state index contributed by atoms with van der Waals surface area (Å²) >= 11 is 4.06. The van der Waals surface area contributed by atoms with E-state index in [1.165, 1.54) is 0 Å². The van der Waals surface area contributed by atoms with E-state index in [1.807, 2.05) is 0 Å². The molecule has 0 saturated carbocycles. The number of carboxylic acid groups (broad SMARTS) is 2. The number of carbonyl (C=O) groups excluding carboxylic acids is 3. The maximum absolute atomic E-state index is 12.8.